The highest BCUT2D eigenvalue weighted by atomic mass is 32.2. The molecule has 0 aliphatic heterocycles. The van der Waals surface area contributed by atoms with Crippen LogP contribution in [0.5, 0.6) is 0 Å². The first-order valence-corrected chi connectivity index (χ1v) is 7.95. The molecular formula is C12H25NO2S. The quantitative estimate of drug-likeness (QED) is 0.826. The predicted octanol–water partition coefficient (Wildman–Crippen LogP) is 1.98. The largest absolute Gasteiger partial charge is 0.315 e. The van der Waals surface area contributed by atoms with Gasteiger partial charge in [0.25, 0.3) is 0 Å². The molecule has 0 heterocycles. The molecule has 96 valence electrons. The maximum Gasteiger partial charge on any atom is 0.154 e. The zero-order chi connectivity index (χ0) is 12.4. The third-order valence-electron chi connectivity index (χ3n) is 3.78. The zero-order valence-corrected chi connectivity index (χ0v) is 11.7. The minimum atomic E-state index is -2.93. The molecule has 0 amide bonds. The summed E-state index contributed by atoms with van der Waals surface area (Å²) in [7, 11) is -1.05. The van der Waals surface area contributed by atoms with Gasteiger partial charge in [-0.15, -0.1) is 0 Å². The molecule has 4 heteroatoms. The summed E-state index contributed by atoms with van der Waals surface area (Å²) >= 11 is 0. The molecule has 0 aromatic carbocycles. The molecule has 2 unspecified atom stereocenters. The van der Waals surface area contributed by atoms with Gasteiger partial charge in [0.1, 0.15) is 0 Å². The molecule has 0 aromatic rings. The summed E-state index contributed by atoms with van der Waals surface area (Å²) in [5.41, 5.74) is 0.0818. The van der Waals surface area contributed by atoms with Gasteiger partial charge in [-0.1, -0.05) is 27.2 Å². The van der Waals surface area contributed by atoms with Gasteiger partial charge in [-0.2, -0.15) is 0 Å². The number of hydrogen-bond acceptors (Lipinski definition) is 3. The van der Waals surface area contributed by atoms with Crippen molar-refractivity contribution in [3.05, 3.63) is 0 Å². The van der Waals surface area contributed by atoms with E-state index >= 15 is 0 Å². The maximum atomic E-state index is 12.2. The van der Waals surface area contributed by atoms with Crippen molar-refractivity contribution in [2.24, 2.45) is 5.41 Å². The van der Waals surface area contributed by atoms with E-state index in [-0.39, 0.29) is 16.7 Å². The number of nitrogens with one attached hydrogen (secondary N) is 1. The molecule has 1 N–H and O–H groups in total. The molecule has 0 radical (unpaired) electrons. The first-order valence-electron chi connectivity index (χ1n) is 6.24. The van der Waals surface area contributed by atoms with Crippen molar-refractivity contribution in [1.82, 2.24) is 5.32 Å². The van der Waals surface area contributed by atoms with Gasteiger partial charge in [-0.25, -0.2) is 8.42 Å². The van der Waals surface area contributed by atoms with E-state index in [1.54, 1.807) is 0 Å². The molecule has 1 rings (SSSR count). The fourth-order valence-corrected chi connectivity index (χ4v) is 5.30. The Morgan fingerprint density at radius 1 is 1.38 bits per heavy atom. The summed E-state index contributed by atoms with van der Waals surface area (Å²) < 4.78 is 24.4. The van der Waals surface area contributed by atoms with Gasteiger partial charge < -0.3 is 5.32 Å². The molecule has 1 aliphatic carbocycles. The van der Waals surface area contributed by atoms with E-state index in [9.17, 15) is 8.42 Å². The van der Waals surface area contributed by atoms with Crippen LogP contribution in [0.4, 0.5) is 0 Å². The molecule has 1 saturated carbocycles. The van der Waals surface area contributed by atoms with Gasteiger partial charge in [0.15, 0.2) is 9.84 Å². The van der Waals surface area contributed by atoms with Gasteiger partial charge >= 0.3 is 0 Å². The van der Waals surface area contributed by atoms with Gasteiger partial charge in [0.05, 0.1) is 11.0 Å². The Morgan fingerprint density at radius 3 is 2.50 bits per heavy atom. The third-order valence-corrected chi connectivity index (χ3v) is 6.19. The van der Waals surface area contributed by atoms with Crippen molar-refractivity contribution in [1.29, 1.82) is 0 Å². The summed E-state index contributed by atoms with van der Waals surface area (Å²) in [6.45, 7) is 6.27. The minimum absolute atomic E-state index is 0.0818. The van der Waals surface area contributed by atoms with E-state index in [1.165, 1.54) is 0 Å². The van der Waals surface area contributed by atoms with E-state index in [0.29, 0.717) is 5.75 Å². The number of hydrogen-bond donors (Lipinski definition) is 1. The molecule has 0 aromatic heterocycles. The maximum absolute atomic E-state index is 12.2. The molecule has 3 nitrogen and oxygen atoms in total. The van der Waals surface area contributed by atoms with Gasteiger partial charge in [-0.05, 0) is 31.7 Å². The molecule has 0 saturated heterocycles. The predicted molar refractivity (Wildman–Crippen MR) is 68.3 cm³/mol. The highest BCUT2D eigenvalue weighted by Gasteiger charge is 2.43. The zero-order valence-electron chi connectivity index (χ0n) is 10.9. The Morgan fingerprint density at radius 2 is 2.00 bits per heavy atom. The van der Waals surface area contributed by atoms with Crippen LogP contribution in [0.2, 0.25) is 0 Å². The van der Waals surface area contributed by atoms with Crippen LogP contribution in [0.1, 0.15) is 46.5 Å². The van der Waals surface area contributed by atoms with Crippen molar-refractivity contribution in [3.8, 4) is 0 Å². The minimum Gasteiger partial charge on any atom is -0.315 e. The van der Waals surface area contributed by atoms with E-state index in [1.807, 2.05) is 14.0 Å². The third kappa shape index (κ3) is 2.77. The average molecular weight is 247 g/mol. The summed E-state index contributed by atoms with van der Waals surface area (Å²) in [6, 6.07) is 0.0952. The van der Waals surface area contributed by atoms with Crippen LogP contribution in [0.15, 0.2) is 0 Å². The van der Waals surface area contributed by atoms with Gasteiger partial charge in [0.2, 0.25) is 0 Å². The smallest absolute Gasteiger partial charge is 0.154 e. The second kappa shape index (κ2) is 5.05. The van der Waals surface area contributed by atoms with Crippen LogP contribution in [0, 0.1) is 5.41 Å². The van der Waals surface area contributed by atoms with Crippen molar-refractivity contribution >= 4 is 9.84 Å². The van der Waals surface area contributed by atoms with E-state index in [4.69, 9.17) is 0 Å². The molecule has 0 spiro atoms. The van der Waals surface area contributed by atoms with Crippen molar-refractivity contribution < 1.29 is 8.42 Å². The molecule has 0 bridgehead atoms. The monoisotopic (exact) mass is 247 g/mol. The van der Waals surface area contributed by atoms with E-state index in [0.717, 1.165) is 25.7 Å². The fraction of sp³-hybridized carbons (Fsp3) is 1.00. The molecular weight excluding hydrogens is 222 g/mol. The SMILES string of the molecule is CCCS(=O)(=O)C1CCCC(C)(C)C1NC. The lowest BCUT2D eigenvalue weighted by Gasteiger charge is -2.43. The highest BCUT2D eigenvalue weighted by Crippen LogP contribution is 2.38. The second-order valence-corrected chi connectivity index (χ2v) is 7.89. The number of sulfone groups is 1. The summed E-state index contributed by atoms with van der Waals surface area (Å²) in [6.07, 6.45) is 3.67. The lowest BCUT2D eigenvalue weighted by molar-refractivity contribution is 0.178. The van der Waals surface area contributed by atoms with Crippen LogP contribution in [0.3, 0.4) is 0 Å². The Balaban J connectivity index is 2.94. The highest BCUT2D eigenvalue weighted by molar-refractivity contribution is 7.92. The summed E-state index contributed by atoms with van der Waals surface area (Å²) in [5.74, 6) is 0.325. The Labute approximate surface area is 99.9 Å². The second-order valence-electron chi connectivity index (χ2n) is 5.55. The normalized spacial score (nSPS) is 30.2. The number of rotatable bonds is 4. The van der Waals surface area contributed by atoms with Crippen LogP contribution < -0.4 is 5.32 Å². The molecule has 1 fully saturated rings. The Hall–Kier alpha value is -0.0900. The van der Waals surface area contributed by atoms with Gasteiger partial charge in [0, 0.05) is 6.04 Å². The van der Waals surface area contributed by atoms with Crippen LogP contribution in [0.25, 0.3) is 0 Å². The lowest BCUT2D eigenvalue weighted by atomic mass is 9.73. The summed E-state index contributed by atoms with van der Waals surface area (Å²) in [5, 5.41) is 3.04. The molecule has 1 aliphatic rings. The van der Waals surface area contributed by atoms with E-state index < -0.39 is 9.84 Å². The topological polar surface area (TPSA) is 46.2 Å². The molecule has 2 atom stereocenters. The van der Waals surface area contributed by atoms with E-state index in [2.05, 4.69) is 19.2 Å². The van der Waals surface area contributed by atoms with Crippen molar-refractivity contribution in [2.45, 2.75) is 57.7 Å². The first kappa shape index (κ1) is 14.0. The van der Waals surface area contributed by atoms with Crippen LogP contribution in [-0.2, 0) is 9.84 Å². The lowest BCUT2D eigenvalue weighted by Crippen LogP contribution is -2.54. The standard InChI is InChI=1S/C12H25NO2S/c1-5-9-16(14,15)10-7-6-8-12(2,3)11(10)13-4/h10-11,13H,5-9H2,1-4H3. The van der Waals surface area contributed by atoms with Crippen LogP contribution in [-0.4, -0.2) is 32.5 Å². The fourth-order valence-electron chi connectivity index (χ4n) is 2.98. The molecule has 16 heavy (non-hydrogen) atoms. The first-order chi connectivity index (χ1) is 7.35. The van der Waals surface area contributed by atoms with Crippen molar-refractivity contribution in [2.75, 3.05) is 12.8 Å². The summed E-state index contributed by atoms with van der Waals surface area (Å²) in [4.78, 5) is 0. The Bertz CT molecular complexity index is 322. The van der Waals surface area contributed by atoms with Crippen LogP contribution >= 0.6 is 0 Å². The van der Waals surface area contributed by atoms with Crippen molar-refractivity contribution in [3.63, 3.8) is 0 Å². The Kier molecular flexibility index (Phi) is 4.41. The van der Waals surface area contributed by atoms with Gasteiger partial charge in [-0.3, -0.25) is 0 Å². The average Bonchev–Trinajstić information content (AvgIpc) is 2.15.